The maximum absolute atomic E-state index is 12.7. The number of aryl methyl sites for hydroxylation is 2. The number of rotatable bonds is 8. The molecule has 0 fully saturated rings. The monoisotopic (exact) mass is 501 g/mol. The molecule has 0 atom stereocenters. The van der Waals surface area contributed by atoms with E-state index >= 15 is 0 Å². The van der Waals surface area contributed by atoms with E-state index in [4.69, 9.17) is 37.1 Å². The lowest BCUT2D eigenvalue weighted by molar-refractivity contribution is 0.0521. The van der Waals surface area contributed by atoms with Crippen LogP contribution in [0.2, 0.25) is 10.0 Å². The van der Waals surface area contributed by atoms with Crippen molar-refractivity contribution in [2.24, 2.45) is 0 Å². The van der Waals surface area contributed by atoms with Crippen LogP contribution in [0.3, 0.4) is 0 Å². The molecule has 2 aromatic heterocycles. The lowest BCUT2D eigenvalue weighted by Crippen LogP contribution is -2.19. The molecule has 8 heteroatoms. The largest absolute Gasteiger partial charge is 0.462 e. The third-order valence-electron chi connectivity index (χ3n) is 5.05. The Morgan fingerprint density at radius 3 is 2.18 bits per heavy atom. The molecule has 0 unspecified atom stereocenters. The maximum Gasteiger partial charge on any atom is 0.340 e. The van der Waals surface area contributed by atoms with Crippen LogP contribution in [0.4, 0.5) is 0 Å². The highest BCUT2D eigenvalue weighted by Gasteiger charge is 2.26. The van der Waals surface area contributed by atoms with Gasteiger partial charge in [-0.2, -0.15) is 0 Å². The van der Waals surface area contributed by atoms with Crippen LogP contribution in [0.25, 0.3) is 17.4 Å². The van der Waals surface area contributed by atoms with Gasteiger partial charge in [0, 0.05) is 10.6 Å². The molecular formula is C26H25Cl2NO5. The number of hydrogen-bond acceptors (Lipinski definition) is 6. The Kier molecular flexibility index (Phi) is 8.53. The lowest BCUT2D eigenvalue weighted by atomic mass is 9.95. The molecule has 2 heterocycles. The number of hydrogen-bond donors (Lipinski definition) is 0. The SMILES string of the molecule is CCOC(=O)c1c(C)nc(C)c(C(=O)OCC)c1C/C=C/c1ccc(-c2cc(Cl)ccc2Cl)o1. The predicted octanol–water partition coefficient (Wildman–Crippen LogP) is 6.87. The number of nitrogens with zero attached hydrogens (tertiary/aromatic N) is 1. The van der Waals surface area contributed by atoms with Crippen molar-refractivity contribution in [1.82, 2.24) is 4.98 Å². The van der Waals surface area contributed by atoms with Gasteiger partial charge < -0.3 is 13.9 Å². The molecule has 0 radical (unpaired) electrons. The summed E-state index contributed by atoms with van der Waals surface area (Å²) in [5.74, 6) is 0.0840. The third-order valence-corrected chi connectivity index (χ3v) is 5.61. The second-order valence-corrected chi connectivity index (χ2v) is 8.23. The Labute approximate surface area is 208 Å². The van der Waals surface area contributed by atoms with Crippen LogP contribution in [0.1, 0.15) is 57.3 Å². The number of benzene rings is 1. The second kappa shape index (κ2) is 11.4. The van der Waals surface area contributed by atoms with Gasteiger partial charge in [0.15, 0.2) is 0 Å². The van der Waals surface area contributed by atoms with Gasteiger partial charge in [-0.15, -0.1) is 0 Å². The van der Waals surface area contributed by atoms with E-state index in [1.807, 2.05) is 6.08 Å². The van der Waals surface area contributed by atoms with Crippen LogP contribution >= 0.6 is 23.2 Å². The molecule has 0 aliphatic rings. The molecule has 0 aliphatic heterocycles. The number of aromatic nitrogens is 1. The minimum Gasteiger partial charge on any atom is -0.462 e. The van der Waals surface area contributed by atoms with Crippen LogP contribution < -0.4 is 0 Å². The highest BCUT2D eigenvalue weighted by atomic mass is 35.5. The fourth-order valence-corrected chi connectivity index (χ4v) is 4.03. The first kappa shape index (κ1) is 25.5. The van der Waals surface area contributed by atoms with Gasteiger partial charge in [-0.3, -0.25) is 4.98 Å². The fraction of sp³-hybridized carbons (Fsp3) is 0.269. The molecule has 3 aromatic rings. The highest BCUT2D eigenvalue weighted by molar-refractivity contribution is 6.35. The molecule has 178 valence electrons. The van der Waals surface area contributed by atoms with Gasteiger partial charge >= 0.3 is 11.9 Å². The van der Waals surface area contributed by atoms with Crippen LogP contribution in [0.15, 0.2) is 40.8 Å². The van der Waals surface area contributed by atoms with E-state index in [9.17, 15) is 9.59 Å². The summed E-state index contributed by atoms with van der Waals surface area (Å²) >= 11 is 12.4. The van der Waals surface area contributed by atoms with Crippen LogP contribution in [-0.2, 0) is 15.9 Å². The molecule has 0 spiro atoms. The van der Waals surface area contributed by atoms with Gasteiger partial charge in [0.1, 0.15) is 11.5 Å². The lowest BCUT2D eigenvalue weighted by Gasteiger charge is -2.16. The zero-order chi connectivity index (χ0) is 24.8. The Hall–Kier alpha value is -3.09. The highest BCUT2D eigenvalue weighted by Crippen LogP contribution is 2.32. The number of ether oxygens (including phenoxy) is 2. The topological polar surface area (TPSA) is 78.6 Å². The summed E-state index contributed by atoms with van der Waals surface area (Å²) in [4.78, 5) is 29.8. The number of furan rings is 1. The summed E-state index contributed by atoms with van der Waals surface area (Å²) in [5.41, 5.74) is 2.70. The summed E-state index contributed by atoms with van der Waals surface area (Å²) in [6.45, 7) is 7.29. The minimum atomic E-state index is -0.530. The third kappa shape index (κ3) is 5.69. The van der Waals surface area contributed by atoms with Crippen molar-refractivity contribution in [1.29, 1.82) is 0 Å². The zero-order valence-corrected chi connectivity index (χ0v) is 20.9. The summed E-state index contributed by atoms with van der Waals surface area (Å²) in [5, 5.41) is 1.07. The number of pyridine rings is 1. The molecule has 0 amide bonds. The van der Waals surface area contributed by atoms with Gasteiger partial charge in [0.05, 0.1) is 40.8 Å². The predicted molar refractivity (Wildman–Crippen MR) is 133 cm³/mol. The average molecular weight is 502 g/mol. The van der Waals surface area contributed by atoms with Gasteiger partial charge in [0.2, 0.25) is 0 Å². The van der Waals surface area contributed by atoms with Crippen molar-refractivity contribution < 1.29 is 23.5 Å². The zero-order valence-electron chi connectivity index (χ0n) is 19.4. The van der Waals surface area contributed by atoms with Gasteiger partial charge in [-0.25, -0.2) is 9.59 Å². The molecular weight excluding hydrogens is 477 g/mol. The van der Waals surface area contributed by atoms with Crippen LogP contribution in [-0.4, -0.2) is 30.1 Å². The molecule has 0 saturated carbocycles. The van der Waals surface area contributed by atoms with Crippen molar-refractivity contribution in [3.05, 3.63) is 80.3 Å². The Morgan fingerprint density at radius 1 is 0.971 bits per heavy atom. The van der Waals surface area contributed by atoms with Crippen LogP contribution in [0.5, 0.6) is 0 Å². The first-order chi connectivity index (χ1) is 16.3. The molecule has 3 rings (SSSR count). The van der Waals surface area contributed by atoms with E-state index < -0.39 is 11.9 Å². The van der Waals surface area contributed by atoms with E-state index in [1.165, 1.54) is 0 Å². The van der Waals surface area contributed by atoms with E-state index in [2.05, 4.69) is 4.98 Å². The average Bonchev–Trinajstić information content (AvgIpc) is 3.24. The number of esters is 2. The van der Waals surface area contributed by atoms with Gasteiger partial charge in [0.25, 0.3) is 0 Å². The first-order valence-electron chi connectivity index (χ1n) is 10.8. The smallest absolute Gasteiger partial charge is 0.340 e. The van der Waals surface area contributed by atoms with Crippen LogP contribution in [0, 0.1) is 13.8 Å². The second-order valence-electron chi connectivity index (χ2n) is 7.38. The minimum absolute atomic E-state index is 0.206. The van der Waals surface area contributed by atoms with E-state index in [1.54, 1.807) is 64.1 Å². The van der Waals surface area contributed by atoms with E-state index in [-0.39, 0.29) is 30.8 Å². The summed E-state index contributed by atoms with van der Waals surface area (Å²) in [6, 6.07) is 8.74. The summed E-state index contributed by atoms with van der Waals surface area (Å²) in [7, 11) is 0. The first-order valence-corrected chi connectivity index (χ1v) is 11.6. The molecule has 6 nitrogen and oxygen atoms in total. The van der Waals surface area contributed by atoms with E-state index in [0.717, 1.165) is 0 Å². The van der Waals surface area contributed by atoms with Crippen molar-refractivity contribution in [2.75, 3.05) is 13.2 Å². The molecule has 34 heavy (non-hydrogen) atoms. The van der Waals surface area contributed by atoms with Crippen molar-refractivity contribution in [3.8, 4) is 11.3 Å². The number of carbonyl (C=O) groups is 2. The summed E-state index contributed by atoms with van der Waals surface area (Å²) < 4.78 is 16.3. The standard InChI is InChI=1S/C26H25Cl2NO5/c1-5-32-25(30)23-15(3)29-16(4)24(26(31)33-6-2)19(23)9-7-8-18-11-13-22(34-18)20-14-17(27)10-12-21(20)28/h7-8,10-14H,5-6,9H2,1-4H3/b8-7+. The summed E-state index contributed by atoms with van der Waals surface area (Å²) in [6.07, 6.45) is 3.83. The Morgan fingerprint density at radius 2 is 1.59 bits per heavy atom. The van der Waals surface area contributed by atoms with Crippen molar-refractivity contribution in [3.63, 3.8) is 0 Å². The molecule has 0 saturated heterocycles. The number of allylic oxidation sites excluding steroid dienone is 1. The number of carbonyl (C=O) groups excluding carboxylic acids is 2. The molecule has 1 aromatic carbocycles. The van der Waals surface area contributed by atoms with Gasteiger partial charge in [-0.1, -0.05) is 29.3 Å². The van der Waals surface area contributed by atoms with Gasteiger partial charge in [-0.05, 0) is 76.1 Å². The van der Waals surface area contributed by atoms with E-state index in [0.29, 0.717) is 44.1 Å². The Bertz CT molecular complexity index is 1200. The maximum atomic E-state index is 12.7. The molecule has 0 aliphatic carbocycles. The fourth-order valence-electron chi connectivity index (χ4n) is 3.64. The number of halogens is 2. The molecule has 0 N–H and O–H groups in total. The van der Waals surface area contributed by atoms with Crippen molar-refractivity contribution >= 4 is 41.2 Å². The van der Waals surface area contributed by atoms with Crippen molar-refractivity contribution in [2.45, 2.75) is 34.1 Å². The quantitative estimate of drug-likeness (QED) is 0.313. The molecule has 0 bridgehead atoms. The normalized spacial score (nSPS) is 11.1. The Balaban J connectivity index is 1.97.